The summed E-state index contributed by atoms with van der Waals surface area (Å²) in [5.74, 6) is 8.54. The summed E-state index contributed by atoms with van der Waals surface area (Å²) in [5.41, 5.74) is 21.6. The quantitative estimate of drug-likeness (QED) is 0.161. The van der Waals surface area contributed by atoms with Crippen molar-refractivity contribution in [2.75, 3.05) is 4.90 Å². The predicted octanol–water partition coefficient (Wildman–Crippen LogP) is 17.7. The van der Waals surface area contributed by atoms with Gasteiger partial charge >= 0.3 is 0 Å². The number of nitrogens with zero attached hydrogens (tertiary/aromatic N) is 2. The highest BCUT2D eigenvalue weighted by Gasteiger charge is 2.55. The summed E-state index contributed by atoms with van der Waals surface area (Å²) < 4.78 is 2.46. The zero-order chi connectivity index (χ0) is 46.1. The van der Waals surface area contributed by atoms with Crippen LogP contribution in [0.5, 0.6) is 0 Å². The normalized spacial score (nSPS) is 29.7. The number of rotatable bonds is 6. The van der Waals surface area contributed by atoms with Crippen LogP contribution in [0.15, 0.2) is 182 Å². The van der Waals surface area contributed by atoms with Crippen molar-refractivity contribution >= 4 is 38.9 Å². The Morgan fingerprint density at radius 2 is 0.789 bits per heavy atom. The monoisotopic (exact) mass is 916 g/mol. The maximum Gasteiger partial charge on any atom is 0.0726 e. The molecule has 0 unspecified atom stereocenters. The number of anilines is 3. The second-order valence-electron chi connectivity index (χ2n) is 24.1. The fraction of sp³-hybridized carbons (Fsp3) is 0.304. The van der Waals surface area contributed by atoms with E-state index in [1.807, 2.05) is 0 Å². The van der Waals surface area contributed by atoms with E-state index in [0.29, 0.717) is 11.8 Å². The molecule has 0 N–H and O–H groups in total. The average molecular weight is 917 g/mol. The number of benzene rings is 8. The highest BCUT2D eigenvalue weighted by atomic mass is 15.1. The van der Waals surface area contributed by atoms with Gasteiger partial charge in [-0.25, -0.2) is 0 Å². The lowest BCUT2D eigenvalue weighted by molar-refractivity contribution is -0.00283. The molecule has 8 fully saturated rings. The molecule has 346 valence electrons. The molecule has 0 atom stereocenters. The number of hydrogen-bond acceptors (Lipinski definition) is 1. The van der Waals surface area contributed by atoms with Gasteiger partial charge in [-0.1, -0.05) is 127 Å². The minimum absolute atomic E-state index is 0.427. The van der Waals surface area contributed by atoms with Gasteiger partial charge in [-0.2, -0.15) is 0 Å². The Kier molecular flexibility index (Phi) is 8.30. The molecule has 1 aromatic heterocycles. The zero-order valence-corrected chi connectivity index (χ0v) is 40.6. The third-order valence-electron chi connectivity index (χ3n) is 20.6. The van der Waals surface area contributed by atoms with Gasteiger partial charge in [-0.15, -0.1) is 0 Å². The van der Waals surface area contributed by atoms with Crippen LogP contribution in [0.25, 0.3) is 49.7 Å². The van der Waals surface area contributed by atoms with Crippen LogP contribution < -0.4 is 4.90 Å². The molecular weight excluding hydrogens is 857 g/mol. The molecule has 0 amide bonds. The maximum atomic E-state index is 2.80. The standard InChI is InChI=1S/C69H60N2/c1-2-11-51(12-3-1)70(52-13-10-14-53(39-52)71-65-19-8-5-16-59(65)60-17-6-9-20-66(60)71)54-23-26-58-55-15-4-7-18-61(55)69(64(58)40-54)62-37-45(67-47-29-41-27-42(31-47)32-48(67)30-41)21-24-56(62)57-25-22-46(38-63(57)69)68-49-33-43-28-44(35-49)36-50(68)34-43/h1-26,37-44,47-50,67-68H,27-36H2. The first-order valence-electron chi connectivity index (χ1n) is 27.6. The third-order valence-corrected chi connectivity index (χ3v) is 20.6. The molecule has 1 spiro atoms. The first-order valence-corrected chi connectivity index (χ1v) is 27.6. The molecule has 2 heteroatoms. The smallest absolute Gasteiger partial charge is 0.0726 e. The first-order chi connectivity index (χ1) is 35.1. The van der Waals surface area contributed by atoms with Crippen molar-refractivity contribution in [3.05, 3.63) is 215 Å². The first kappa shape index (κ1) is 40.0. The van der Waals surface area contributed by atoms with E-state index >= 15 is 0 Å². The van der Waals surface area contributed by atoms with Gasteiger partial charge in [0.2, 0.25) is 0 Å². The molecule has 10 aliphatic rings. The van der Waals surface area contributed by atoms with Crippen LogP contribution in [0.1, 0.15) is 109 Å². The topological polar surface area (TPSA) is 8.17 Å². The molecule has 0 radical (unpaired) electrons. The van der Waals surface area contributed by atoms with Crippen molar-refractivity contribution < 1.29 is 0 Å². The van der Waals surface area contributed by atoms with E-state index in [0.717, 1.165) is 58.7 Å². The average Bonchev–Trinajstić information content (AvgIpc) is 4.00. The summed E-state index contributed by atoms with van der Waals surface area (Å²) in [4.78, 5) is 2.53. The van der Waals surface area contributed by atoms with Crippen molar-refractivity contribution in [2.45, 2.75) is 81.5 Å². The van der Waals surface area contributed by atoms with E-state index in [1.165, 1.54) is 142 Å². The second kappa shape index (κ2) is 14.7. The van der Waals surface area contributed by atoms with E-state index in [2.05, 4.69) is 191 Å². The third kappa shape index (κ3) is 5.55. The molecule has 0 saturated heterocycles. The van der Waals surface area contributed by atoms with E-state index in [1.54, 1.807) is 11.1 Å². The van der Waals surface area contributed by atoms with Gasteiger partial charge < -0.3 is 9.47 Å². The summed E-state index contributed by atoms with van der Waals surface area (Å²) in [5, 5.41) is 2.57. The van der Waals surface area contributed by atoms with Crippen molar-refractivity contribution in [1.82, 2.24) is 4.57 Å². The predicted molar refractivity (Wildman–Crippen MR) is 291 cm³/mol. The van der Waals surface area contributed by atoms with Gasteiger partial charge in [0.1, 0.15) is 0 Å². The van der Waals surface area contributed by atoms with Crippen molar-refractivity contribution in [3.63, 3.8) is 0 Å². The fourth-order valence-electron chi connectivity index (χ4n) is 18.7. The number of para-hydroxylation sites is 3. The molecule has 8 aromatic carbocycles. The Morgan fingerprint density at radius 3 is 1.37 bits per heavy atom. The van der Waals surface area contributed by atoms with Gasteiger partial charge in [-0.05, 0) is 234 Å². The zero-order valence-electron chi connectivity index (χ0n) is 40.6. The maximum absolute atomic E-state index is 2.80. The molecule has 71 heavy (non-hydrogen) atoms. The second-order valence-corrected chi connectivity index (χ2v) is 24.1. The lowest BCUT2D eigenvalue weighted by atomic mass is 9.50. The van der Waals surface area contributed by atoms with Crippen LogP contribution in [0, 0.1) is 47.3 Å². The summed E-state index contributed by atoms with van der Waals surface area (Å²) in [6.45, 7) is 0. The molecule has 19 rings (SSSR count). The van der Waals surface area contributed by atoms with Crippen molar-refractivity contribution in [1.29, 1.82) is 0 Å². The number of hydrogen-bond donors (Lipinski definition) is 0. The lowest BCUT2D eigenvalue weighted by Crippen LogP contribution is -2.43. The van der Waals surface area contributed by atoms with Crippen LogP contribution in [0.4, 0.5) is 17.1 Å². The van der Waals surface area contributed by atoms with Gasteiger partial charge in [0, 0.05) is 33.5 Å². The molecule has 2 nitrogen and oxygen atoms in total. The molecule has 8 saturated carbocycles. The van der Waals surface area contributed by atoms with E-state index in [4.69, 9.17) is 0 Å². The summed E-state index contributed by atoms with van der Waals surface area (Å²) in [6, 6.07) is 71.3. The van der Waals surface area contributed by atoms with Gasteiger partial charge in [0.25, 0.3) is 0 Å². The molecule has 10 aliphatic carbocycles. The minimum atomic E-state index is -0.427. The van der Waals surface area contributed by atoms with Gasteiger partial charge in [0.15, 0.2) is 0 Å². The van der Waals surface area contributed by atoms with Gasteiger partial charge in [-0.3, -0.25) is 0 Å². The van der Waals surface area contributed by atoms with Crippen LogP contribution in [0.2, 0.25) is 0 Å². The number of aromatic nitrogens is 1. The summed E-state index contributed by atoms with van der Waals surface area (Å²) in [6.07, 6.45) is 14.5. The van der Waals surface area contributed by atoms with Gasteiger partial charge in [0.05, 0.1) is 16.4 Å². The Labute approximate surface area is 418 Å². The largest absolute Gasteiger partial charge is 0.310 e. The minimum Gasteiger partial charge on any atom is -0.310 e. The molecule has 0 aliphatic heterocycles. The lowest BCUT2D eigenvalue weighted by Gasteiger charge is -2.54. The summed E-state index contributed by atoms with van der Waals surface area (Å²) in [7, 11) is 0. The molecule has 9 aromatic rings. The molecule has 8 bridgehead atoms. The van der Waals surface area contributed by atoms with Crippen LogP contribution in [0.3, 0.4) is 0 Å². The van der Waals surface area contributed by atoms with Crippen LogP contribution >= 0.6 is 0 Å². The summed E-state index contributed by atoms with van der Waals surface area (Å²) >= 11 is 0. The number of fused-ring (bicyclic) bond motifs is 13. The van der Waals surface area contributed by atoms with E-state index in [9.17, 15) is 0 Å². The highest BCUT2D eigenvalue weighted by Crippen LogP contribution is 2.67. The van der Waals surface area contributed by atoms with Crippen molar-refractivity contribution in [3.8, 4) is 27.9 Å². The van der Waals surface area contributed by atoms with Crippen LogP contribution in [-0.2, 0) is 5.41 Å². The molecule has 1 heterocycles. The van der Waals surface area contributed by atoms with E-state index in [-0.39, 0.29) is 0 Å². The van der Waals surface area contributed by atoms with Crippen LogP contribution in [-0.4, -0.2) is 4.57 Å². The Bertz CT molecular complexity index is 3460. The highest BCUT2D eigenvalue weighted by molar-refractivity contribution is 6.09. The fourth-order valence-corrected chi connectivity index (χ4v) is 18.7. The SMILES string of the molecule is c1ccc(N(c2cccc(-n3c4ccccc4c4ccccc43)c2)c2ccc3c(c2)C2(c4ccccc4-3)c3cc(C4C5CC6CC(C5)CC4C6)ccc3-c3ccc(C4C5CC6CC(C5)CC4C6)cc32)cc1. The Hall–Kier alpha value is -6.64. The van der Waals surface area contributed by atoms with Crippen molar-refractivity contribution in [2.24, 2.45) is 47.3 Å². The molecular formula is C69H60N2. The Morgan fingerprint density at radius 1 is 0.338 bits per heavy atom. The van der Waals surface area contributed by atoms with E-state index < -0.39 is 5.41 Å². The Balaban J connectivity index is 0.887.